The second-order valence-corrected chi connectivity index (χ2v) is 4.79. The summed E-state index contributed by atoms with van der Waals surface area (Å²) in [7, 11) is 1.47. The maximum Gasteiger partial charge on any atom is 0.325 e. The molecule has 1 aliphatic heterocycles. The number of hydrogen-bond donors (Lipinski definition) is 1. The minimum atomic E-state index is -0.991. The Balaban J connectivity index is 2.22. The maximum absolute atomic E-state index is 12.1. The van der Waals surface area contributed by atoms with Crippen molar-refractivity contribution in [3.63, 3.8) is 0 Å². The lowest BCUT2D eigenvalue weighted by Gasteiger charge is -2.21. The van der Waals surface area contributed by atoms with Gasteiger partial charge in [-0.3, -0.25) is 9.69 Å². The summed E-state index contributed by atoms with van der Waals surface area (Å²) < 4.78 is 5.49. The van der Waals surface area contributed by atoms with Crippen molar-refractivity contribution >= 4 is 11.9 Å². The molecule has 3 amide bonds. The van der Waals surface area contributed by atoms with Gasteiger partial charge in [0, 0.05) is 7.05 Å². The van der Waals surface area contributed by atoms with Crippen molar-refractivity contribution in [2.24, 2.45) is 0 Å². The number of ether oxygens (including phenoxy) is 1. The third kappa shape index (κ3) is 2.28. The number of rotatable bonds is 4. The molecule has 0 spiro atoms. The van der Waals surface area contributed by atoms with Crippen LogP contribution in [0.2, 0.25) is 0 Å². The fraction of sp³-hybridized carbons (Fsp3) is 0.429. The first-order chi connectivity index (χ1) is 8.99. The molecule has 2 rings (SSSR count). The molecule has 1 atom stereocenters. The number of urea groups is 1. The van der Waals surface area contributed by atoms with Gasteiger partial charge in [0.25, 0.3) is 5.91 Å². The van der Waals surface area contributed by atoms with Gasteiger partial charge in [-0.25, -0.2) is 4.79 Å². The first-order valence-corrected chi connectivity index (χ1v) is 6.32. The van der Waals surface area contributed by atoms with E-state index >= 15 is 0 Å². The van der Waals surface area contributed by atoms with Gasteiger partial charge in [0.1, 0.15) is 11.3 Å². The highest BCUT2D eigenvalue weighted by Gasteiger charge is 2.47. The Labute approximate surface area is 112 Å². The van der Waals surface area contributed by atoms with Crippen molar-refractivity contribution in [1.29, 1.82) is 0 Å². The Morgan fingerprint density at radius 1 is 1.26 bits per heavy atom. The van der Waals surface area contributed by atoms with Crippen LogP contribution in [0.3, 0.4) is 0 Å². The Bertz CT molecular complexity index is 498. The Hall–Kier alpha value is -2.04. The Morgan fingerprint density at radius 3 is 2.37 bits per heavy atom. The maximum atomic E-state index is 12.1. The molecule has 1 saturated heterocycles. The molecule has 19 heavy (non-hydrogen) atoms. The van der Waals surface area contributed by atoms with Crippen molar-refractivity contribution in [3.05, 3.63) is 29.8 Å². The van der Waals surface area contributed by atoms with Crippen molar-refractivity contribution in [2.75, 3.05) is 13.7 Å². The quantitative estimate of drug-likeness (QED) is 0.843. The summed E-state index contributed by atoms with van der Waals surface area (Å²) in [5, 5.41) is 2.71. The normalized spacial score (nSPS) is 22.6. The number of nitrogens with one attached hydrogen (secondary N) is 1. The van der Waals surface area contributed by atoms with Crippen molar-refractivity contribution < 1.29 is 14.3 Å². The summed E-state index contributed by atoms with van der Waals surface area (Å²) in [6, 6.07) is 6.87. The van der Waals surface area contributed by atoms with Crippen LogP contribution >= 0.6 is 0 Å². The molecule has 0 aliphatic carbocycles. The van der Waals surface area contributed by atoms with Crippen LogP contribution < -0.4 is 10.1 Å². The average molecular weight is 262 g/mol. The molecule has 5 heteroatoms. The summed E-state index contributed by atoms with van der Waals surface area (Å²) in [6.07, 6.45) is 0.943. The summed E-state index contributed by atoms with van der Waals surface area (Å²) in [4.78, 5) is 24.8. The average Bonchev–Trinajstić information content (AvgIpc) is 2.62. The number of nitrogens with zero attached hydrogens (tertiary/aromatic N) is 1. The first-order valence-electron chi connectivity index (χ1n) is 6.32. The molecule has 1 aromatic rings. The summed E-state index contributed by atoms with van der Waals surface area (Å²) in [5.74, 6) is 0.513. The van der Waals surface area contributed by atoms with Crippen molar-refractivity contribution in [2.45, 2.75) is 25.8 Å². The monoisotopic (exact) mass is 262 g/mol. The van der Waals surface area contributed by atoms with Gasteiger partial charge in [0.15, 0.2) is 0 Å². The minimum Gasteiger partial charge on any atom is -0.494 e. The summed E-state index contributed by atoms with van der Waals surface area (Å²) >= 11 is 0. The number of carbonyl (C=O) groups excluding carboxylic acids is 2. The molecule has 0 saturated carbocycles. The van der Waals surface area contributed by atoms with Crippen LogP contribution in [-0.4, -0.2) is 30.5 Å². The lowest BCUT2D eigenvalue weighted by Crippen LogP contribution is -2.40. The first kappa shape index (κ1) is 13.4. The van der Waals surface area contributed by atoms with E-state index in [4.69, 9.17) is 4.74 Å². The zero-order valence-corrected chi connectivity index (χ0v) is 11.4. The number of amides is 3. The molecule has 1 fully saturated rings. The van der Waals surface area contributed by atoms with E-state index in [1.54, 1.807) is 6.92 Å². The van der Waals surface area contributed by atoms with Gasteiger partial charge >= 0.3 is 6.03 Å². The molecule has 1 N–H and O–H groups in total. The number of hydrogen-bond acceptors (Lipinski definition) is 3. The van der Waals surface area contributed by atoms with Gasteiger partial charge in [-0.2, -0.15) is 0 Å². The zero-order chi connectivity index (χ0) is 14.0. The predicted molar refractivity (Wildman–Crippen MR) is 70.9 cm³/mol. The topological polar surface area (TPSA) is 58.6 Å². The van der Waals surface area contributed by atoms with E-state index < -0.39 is 5.54 Å². The molecular formula is C14H18N2O3. The van der Waals surface area contributed by atoms with Crippen LogP contribution in [-0.2, 0) is 10.3 Å². The molecule has 5 nitrogen and oxygen atoms in total. The summed E-state index contributed by atoms with van der Waals surface area (Å²) in [6.45, 7) is 4.41. The van der Waals surface area contributed by atoms with E-state index in [-0.39, 0.29) is 11.9 Å². The van der Waals surface area contributed by atoms with E-state index in [1.807, 2.05) is 31.2 Å². The van der Waals surface area contributed by atoms with Crippen LogP contribution in [0, 0.1) is 0 Å². The zero-order valence-electron chi connectivity index (χ0n) is 11.4. The van der Waals surface area contributed by atoms with Crippen LogP contribution in [0.25, 0.3) is 0 Å². The van der Waals surface area contributed by atoms with Gasteiger partial charge in [0.05, 0.1) is 6.61 Å². The van der Waals surface area contributed by atoms with Crippen LogP contribution in [0.1, 0.15) is 25.8 Å². The molecule has 0 bridgehead atoms. The van der Waals surface area contributed by atoms with E-state index in [9.17, 15) is 9.59 Å². The molecule has 1 aromatic carbocycles. The van der Waals surface area contributed by atoms with Crippen LogP contribution in [0.4, 0.5) is 4.79 Å². The number of imide groups is 1. The van der Waals surface area contributed by atoms with E-state index in [0.29, 0.717) is 6.61 Å². The highest BCUT2D eigenvalue weighted by atomic mass is 16.5. The summed E-state index contributed by atoms with van der Waals surface area (Å²) in [5.41, 5.74) is -0.242. The lowest BCUT2D eigenvalue weighted by molar-refractivity contribution is -0.130. The Morgan fingerprint density at radius 2 is 1.89 bits per heavy atom. The highest BCUT2D eigenvalue weighted by molar-refractivity contribution is 6.06. The number of likely N-dealkylation sites (N-methyl/N-ethyl adjacent to an activating group) is 1. The second-order valence-electron chi connectivity index (χ2n) is 4.79. The highest BCUT2D eigenvalue weighted by Crippen LogP contribution is 2.29. The third-order valence-electron chi connectivity index (χ3n) is 3.30. The standard InChI is InChI=1S/C14H18N2O3/c1-4-9-19-11-7-5-10(6-8-11)14(2)12(17)16(3)13(18)15-14/h5-8H,4,9H2,1-3H3,(H,15,18). The van der Waals surface area contributed by atoms with Crippen LogP contribution in [0.5, 0.6) is 5.75 Å². The third-order valence-corrected chi connectivity index (χ3v) is 3.30. The smallest absolute Gasteiger partial charge is 0.325 e. The number of carbonyl (C=O) groups is 2. The molecule has 1 heterocycles. The van der Waals surface area contributed by atoms with E-state index in [2.05, 4.69) is 5.32 Å². The molecule has 102 valence electrons. The Kier molecular flexibility index (Phi) is 3.46. The van der Waals surface area contributed by atoms with Crippen molar-refractivity contribution in [1.82, 2.24) is 10.2 Å². The minimum absolute atomic E-state index is 0.250. The van der Waals surface area contributed by atoms with E-state index in [1.165, 1.54) is 7.05 Å². The van der Waals surface area contributed by atoms with Gasteiger partial charge < -0.3 is 10.1 Å². The molecule has 0 aromatic heterocycles. The van der Waals surface area contributed by atoms with Crippen LogP contribution in [0.15, 0.2) is 24.3 Å². The van der Waals surface area contributed by atoms with Gasteiger partial charge in [-0.1, -0.05) is 19.1 Å². The predicted octanol–water partition coefficient (Wildman–Crippen LogP) is 1.87. The fourth-order valence-corrected chi connectivity index (χ4v) is 2.08. The van der Waals surface area contributed by atoms with Gasteiger partial charge in [-0.05, 0) is 31.0 Å². The molecule has 1 unspecified atom stereocenters. The fourth-order valence-electron chi connectivity index (χ4n) is 2.08. The largest absolute Gasteiger partial charge is 0.494 e. The second kappa shape index (κ2) is 4.91. The molecular weight excluding hydrogens is 244 g/mol. The number of benzene rings is 1. The van der Waals surface area contributed by atoms with Crippen molar-refractivity contribution in [3.8, 4) is 5.75 Å². The van der Waals surface area contributed by atoms with Gasteiger partial charge in [0.2, 0.25) is 0 Å². The van der Waals surface area contributed by atoms with Gasteiger partial charge in [-0.15, -0.1) is 0 Å². The SMILES string of the molecule is CCCOc1ccc(C2(C)NC(=O)N(C)C2=O)cc1. The lowest BCUT2D eigenvalue weighted by atomic mass is 9.92. The molecule has 1 aliphatic rings. The molecule has 0 radical (unpaired) electrons. The van der Waals surface area contributed by atoms with E-state index in [0.717, 1.165) is 22.6 Å².